The first-order chi connectivity index (χ1) is 9.23. The van der Waals surface area contributed by atoms with Gasteiger partial charge in [0, 0.05) is 12.1 Å². The molecule has 0 heterocycles. The summed E-state index contributed by atoms with van der Waals surface area (Å²) in [5.74, 6) is 0.527. The van der Waals surface area contributed by atoms with Crippen molar-refractivity contribution in [3.63, 3.8) is 0 Å². The Kier molecular flexibility index (Phi) is 3.38. The summed E-state index contributed by atoms with van der Waals surface area (Å²) in [7, 11) is 1.61. The summed E-state index contributed by atoms with van der Waals surface area (Å²) in [6, 6.07) is 5.35. The molecule has 0 saturated heterocycles. The molecule has 2 aliphatic rings. The molecule has 0 bridgehead atoms. The van der Waals surface area contributed by atoms with E-state index in [2.05, 4.69) is 5.32 Å². The summed E-state index contributed by atoms with van der Waals surface area (Å²) in [6.07, 6.45) is 9.10. The molecule has 1 unspecified atom stereocenters. The van der Waals surface area contributed by atoms with Crippen LogP contribution < -0.4 is 10.1 Å². The molecule has 2 fully saturated rings. The number of halogens is 1. The maximum absolute atomic E-state index is 13.9. The predicted molar refractivity (Wildman–Crippen MR) is 75.1 cm³/mol. The Bertz CT molecular complexity index is 454. The van der Waals surface area contributed by atoms with Crippen LogP contribution in [0.3, 0.4) is 0 Å². The van der Waals surface area contributed by atoms with E-state index in [4.69, 9.17) is 4.74 Å². The molecule has 1 N–H and O–H groups in total. The molecule has 0 amide bonds. The van der Waals surface area contributed by atoms with Crippen LogP contribution in [0, 0.1) is 11.2 Å². The highest BCUT2D eigenvalue weighted by Crippen LogP contribution is 2.52. The molecular weight excluding hydrogens is 241 g/mol. The van der Waals surface area contributed by atoms with Crippen molar-refractivity contribution < 1.29 is 9.13 Å². The Morgan fingerprint density at radius 1 is 1.21 bits per heavy atom. The number of rotatable bonds is 3. The Balaban J connectivity index is 1.74. The summed E-state index contributed by atoms with van der Waals surface area (Å²) in [5.41, 5.74) is 1.03. The highest BCUT2D eigenvalue weighted by Gasteiger charge is 2.46. The first-order valence-electron chi connectivity index (χ1n) is 7.34. The number of hydrogen-bond acceptors (Lipinski definition) is 2. The van der Waals surface area contributed by atoms with Crippen molar-refractivity contribution in [2.24, 2.45) is 5.41 Å². The number of hydrogen-bond donors (Lipinski definition) is 1. The van der Waals surface area contributed by atoms with Crippen molar-refractivity contribution in [2.75, 3.05) is 12.4 Å². The van der Waals surface area contributed by atoms with Crippen LogP contribution in [0.25, 0.3) is 0 Å². The number of anilines is 1. The van der Waals surface area contributed by atoms with Crippen LogP contribution in [-0.4, -0.2) is 13.2 Å². The third-order valence-electron chi connectivity index (χ3n) is 5.02. The molecule has 104 valence electrons. The van der Waals surface area contributed by atoms with Crippen LogP contribution in [0.1, 0.15) is 44.9 Å². The van der Waals surface area contributed by atoms with Gasteiger partial charge >= 0.3 is 0 Å². The first-order valence-corrected chi connectivity index (χ1v) is 7.34. The molecule has 2 aliphatic carbocycles. The molecule has 19 heavy (non-hydrogen) atoms. The van der Waals surface area contributed by atoms with Gasteiger partial charge in [0.2, 0.25) is 0 Å². The average Bonchev–Trinajstić information content (AvgIpc) is 2.46. The molecule has 1 aromatic carbocycles. The molecular formula is C16H22FNO. The highest BCUT2D eigenvalue weighted by atomic mass is 19.1. The number of ether oxygens (including phenoxy) is 1. The van der Waals surface area contributed by atoms with E-state index >= 15 is 0 Å². The quantitative estimate of drug-likeness (QED) is 0.875. The van der Waals surface area contributed by atoms with Crippen molar-refractivity contribution in [3.8, 4) is 5.75 Å². The van der Waals surface area contributed by atoms with Crippen LogP contribution in [-0.2, 0) is 0 Å². The fourth-order valence-corrected chi connectivity index (χ4v) is 3.71. The lowest BCUT2D eigenvalue weighted by Crippen LogP contribution is -2.50. The SMILES string of the molecule is COc1ccc(F)c(NC2CCC23CCCCC3)c1. The maximum Gasteiger partial charge on any atom is 0.146 e. The Hall–Kier alpha value is -1.25. The van der Waals surface area contributed by atoms with E-state index in [1.54, 1.807) is 19.2 Å². The summed E-state index contributed by atoms with van der Waals surface area (Å²) < 4.78 is 19.0. The molecule has 0 radical (unpaired) electrons. The van der Waals surface area contributed by atoms with E-state index in [-0.39, 0.29) is 5.82 Å². The monoisotopic (exact) mass is 263 g/mol. The van der Waals surface area contributed by atoms with Gasteiger partial charge in [-0.15, -0.1) is 0 Å². The number of methoxy groups -OCH3 is 1. The van der Waals surface area contributed by atoms with Crippen LogP contribution in [0.5, 0.6) is 5.75 Å². The van der Waals surface area contributed by atoms with Gasteiger partial charge in [-0.1, -0.05) is 19.3 Å². The minimum atomic E-state index is -0.182. The smallest absolute Gasteiger partial charge is 0.146 e. The summed E-state index contributed by atoms with van der Waals surface area (Å²) >= 11 is 0. The summed E-state index contributed by atoms with van der Waals surface area (Å²) in [4.78, 5) is 0. The third-order valence-corrected chi connectivity index (χ3v) is 5.02. The second-order valence-corrected chi connectivity index (χ2v) is 6.00. The minimum Gasteiger partial charge on any atom is -0.497 e. The third kappa shape index (κ3) is 2.31. The number of benzene rings is 1. The van der Waals surface area contributed by atoms with Gasteiger partial charge in [-0.3, -0.25) is 0 Å². The summed E-state index contributed by atoms with van der Waals surface area (Å²) in [5, 5.41) is 3.43. The largest absolute Gasteiger partial charge is 0.497 e. The van der Waals surface area contributed by atoms with E-state index in [9.17, 15) is 4.39 Å². The number of nitrogens with one attached hydrogen (secondary N) is 1. The van der Waals surface area contributed by atoms with E-state index in [0.29, 0.717) is 22.9 Å². The van der Waals surface area contributed by atoms with Crippen molar-refractivity contribution in [3.05, 3.63) is 24.0 Å². The van der Waals surface area contributed by atoms with Crippen LogP contribution in [0.2, 0.25) is 0 Å². The topological polar surface area (TPSA) is 21.3 Å². The predicted octanol–water partition coefficient (Wildman–Crippen LogP) is 4.36. The highest BCUT2D eigenvalue weighted by molar-refractivity contribution is 5.51. The van der Waals surface area contributed by atoms with Gasteiger partial charge in [-0.2, -0.15) is 0 Å². The first kappa shape index (κ1) is 12.8. The molecule has 3 heteroatoms. The maximum atomic E-state index is 13.9. The van der Waals surface area contributed by atoms with Gasteiger partial charge < -0.3 is 10.1 Å². The van der Waals surface area contributed by atoms with Gasteiger partial charge in [-0.25, -0.2) is 4.39 Å². The minimum absolute atomic E-state index is 0.182. The molecule has 1 atom stereocenters. The molecule has 3 rings (SSSR count). The van der Waals surface area contributed by atoms with Gasteiger partial charge in [0.25, 0.3) is 0 Å². The summed E-state index contributed by atoms with van der Waals surface area (Å²) in [6.45, 7) is 0. The van der Waals surface area contributed by atoms with Crippen LogP contribution >= 0.6 is 0 Å². The van der Waals surface area contributed by atoms with Crippen LogP contribution in [0.4, 0.5) is 10.1 Å². The van der Waals surface area contributed by atoms with E-state index in [1.807, 2.05) is 0 Å². The molecule has 0 aliphatic heterocycles. The molecule has 1 spiro atoms. The fourth-order valence-electron chi connectivity index (χ4n) is 3.71. The molecule has 2 nitrogen and oxygen atoms in total. The Morgan fingerprint density at radius 2 is 2.00 bits per heavy atom. The van der Waals surface area contributed by atoms with Gasteiger partial charge in [-0.05, 0) is 43.2 Å². The zero-order valence-electron chi connectivity index (χ0n) is 11.5. The fraction of sp³-hybridized carbons (Fsp3) is 0.625. The van der Waals surface area contributed by atoms with Gasteiger partial charge in [0.05, 0.1) is 12.8 Å². The standard InChI is InChI=1S/C16H22FNO/c1-19-12-5-6-13(17)14(11-12)18-15-7-10-16(15)8-3-2-4-9-16/h5-6,11,15,18H,2-4,7-10H2,1H3. The van der Waals surface area contributed by atoms with Gasteiger partial charge in [0.1, 0.15) is 11.6 Å². The lowest BCUT2D eigenvalue weighted by molar-refractivity contribution is 0.0569. The zero-order chi connectivity index (χ0) is 13.3. The second-order valence-electron chi connectivity index (χ2n) is 6.00. The molecule has 2 saturated carbocycles. The van der Waals surface area contributed by atoms with Crippen molar-refractivity contribution in [2.45, 2.75) is 51.0 Å². The molecule has 1 aromatic rings. The van der Waals surface area contributed by atoms with Crippen molar-refractivity contribution >= 4 is 5.69 Å². The van der Waals surface area contributed by atoms with Gasteiger partial charge in [0.15, 0.2) is 0 Å². The second kappa shape index (κ2) is 5.03. The van der Waals surface area contributed by atoms with Crippen molar-refractivity contribution in [1.29, 1.82) is 0 Å². The van der Waals surface area contributed by atoms with E-state index in [1.165, 1.54) is 44.6 Å². The lowest BCUT2D eigenvalue weighted by Gasteiger charge is -2.52. The molecule has 0 aromatic heterocycles. The lowest BCUT2D eigenvalue weighted by atomic mass is 9.57. The normalized spacial score (nSPS) is 24.8. The average molecular weight is 263 g/mol. The van der Waals surface area contributed by atoms with E-state index < -0.39 is 0 Å². The van der Waals surface area contributed by atoms with Crippen molar-refractivity contribution in [1.82, 2.24) is 0 Å². The van der Waals surface area contributed by atoms with E-state index in [0.717, 1.165) is 6.42 Å². The zero-order valence-corrected chi connectivity index (χ0v) is 11.5. The Labute approximate surface area is 114 Å². The Morgan fingerprint density at radius 3 is 2.63 bits per heavy atom. The van der Waals surface area contributed by atoms with Crippen LogP contribution in [0.15, 0.2) is 18.2 Å².